The first-order valence-electron chi connectivity index (χ1n) is 5.30. The molecule has 5 heteroatoms. The third-order valence-corrected chi connectivity index (χ3v) is 3.74. The van der Waals surface area contributed by atoms with Crippen molar-refractivity contribution in [3.8, 4) is 11.4 Å². The fraction of sp³-hybridized carbons (Fsp3) is 0.167. The molecule has 0 saturated carbocycles. The summed E-state index contributed by atoms with van der Waals surface area (Å²) < 4.78 is 0. The fourth-order valence-corrected chi connectivity index (χ4v) is 2.88. The zero-order valence-electron chi connectivity index (χ0n) is 9.06. The summed E-state index contributed by atoms with van der Waals surface area (Å²) >= 11 is 1.72. The van der Waals surface area contributed by atoms with Gasteiger partial charge < -0.3 is 10.7 Å². The van der Waals surface area contributed by atoms with E-state index < -0.39 is 0 Å². The molecule has 0 aliphatic carbocycles. The first kappa shape index (κ1) is 10.4. The van der Waals surface area contributed by atoms with Crippen LogP contribution in [-0.2, 0) is 11.5 Å². The van der Waals surface area contributed by atoms with E-state index in [1.807, 2.05) is 12.1 Å². The Bertz CT molecular complexity index is 619. The molecule has 2 heterocycles. The minimum Gasteiger partial charge on any atom is -0.399 e. The molecule has 0 spiro atoms. The molecule has 1 aromatic carbocycles. The second-order valence-corrected chi connectivity index (χ2v) is 4.94. The fourth-order valence-electron chi connectivity index (χ4n) is 1.84. The largest absolute Gasteiger partial charge is 0.399 e. The quantitative estimate of drug-likeness (QED) is 0.751. The topological polar surface area (TPSA) is 71.8 Å². The maximum atomic E-state index is 11.8. The van der Waals surface area contributed by atoms with Gasteiger partial charge in [-0.2, -0.15) is 11.8 Å². The molecule has 0 atom stereocenters. The van der Waals surface area contributed by atoms with Crippen LogP contribution in [0.25, 0.3) is 11.4 Å². The highest BCUT2D eigenvalue weighted by atomic mass is 32.2. The van der Waals surface area contributed by atoms with Crippen LogP contribution < -0.4 is 11.3 Å². The van der Waals surface area contributed by atoms with Crippen molar-refractivity contribution in [1.29, 1.82) is 0 Å². The van der Waals surface area contributed by atoms with Gasteiger partial charge >= 0.3 is 0 Å². The highest BCUT2D eigenvalue weighted by Gasteiger charge is 2.17. The Balaban J connectivity index is 2.13. The van der Waals surface area contributed by atoms with Crippen LogP contribution in [0.4, 0.5) is 5.69 Å². The molecule has 0 saturated heterocycles. The van der Waals surface area contributed by atoms with Gasteiger partial charge in [0.25, 0.3) is 5.56 Å². The number of nitrogens with zero attached hydrogens (tertiary/aromatic N) is 1. The molecule has 3 rings (SSSR count). The SMILES string of the molecule is Nc1ccc(-c2nc3c(c(=O)[nH]2)CSC3)cc1. The first-order chi connectivity index (χ1) is 8.24. The van der Waals surface area contributed by atoms with Crippen molar-refractivity contribution in [1.82, 2.24) is 9.97 Å². The molecule has 4 nitrogen and oxygen atoms in total. The summed E-state index contributed by atoms with van der Waals surface area (Å²) in [5.74, 6) is 2.21. The number of anilines is 1. The monoisotopic (exact) mass is 245 g/mol. The number of hydrogen-bond acceptors (Lipinski definition) is 4. The summed E-state index contributed by atoms with van der Waals surface area (Å²) in [5.41, 5.74) is 8.92. The highest BCUT2D eigenvalue weighted by Crippen LogP contribution is 2.27. The Labute approximate surface area is 102 Å². The van der Waals surface area contributed by atoms with Crippen molar-refractivity contribution in [2.24, 2.45) is 0 Å². The zero-order chi connectivity index (χ0) is 11.8. The number of aromatic amines is 1. The van der Waals surface area contributed by atoms with Crippen molar-refractivity contribution in [3.05, 3.63) is 45.9 Å². The Hall–Kier alpha value is -1.75. The molecule has 0 fully saturated rings. The lowest BCUT2D eigenvalue weighted by Gasteiger charge is -2.03. The standard InChI is InChI=1S/C12H11N3OS/c13-8-3-1-7(2-4-8)11-14-10-6-17-5-9(10)12(16)15-11/h1-4H,5-6,13H2,(H,14,15,16). The molecule has 2 aromatic rings. The molecule has 1 aliphatic heterocycles. The molecule has 0 radical (unpaired) electrons. The molecule has 0 unspecified atom stereocenters. The van der Waals surface area contributed by atoms with Crippen LogP contribution in [0.3, 0.4) is 0 Å². The molecule has 0 bridgehead atoms. The smallest absolute Gasteiger partial charge is 0.255 e. The number of H-pyrrole nitrogens is 1. The van der Waals surface area contributed by atoms with E-state index in [0.717, 1.165) is 28.3 Å². The van der Waals surface area contributed by atoms with Gasteiger partial charge in [0.2, 0.25) is 0 Å². The summed E-state index contributed by atoms with van der Waals surface area (Å²) in [6, 6.07) is 7.33. The predicted octanol–water partition coefficient (Wildman–Crippen LogP) is 1.77. The van der Waals surface area contributed by atoms with Crippen LogP contribution in [0.2, 0.25) is 0 Å². The van der Waals surface area contributed by atoms with Gasteiger partial charge in [-0.1, -0.05) is 0 Å². The minimum atomic E-state index is -0.0215. The number of nitrogens with two attached hydrogens (primary N) is 1. The van der Waals surface area contributed by atoms with Crippen LogP contribution in [0.1, 0.15) is 11.3 Å². The molecule has 86 valence electrons. The van der Waals surface area contributed by atoms with Crippen molar-refractivity contribution in [2.75, 3.05) is 5.73 Å². The van der Waals surface area contributed by atoms with Gasteiger partial charge in [-0.15, -0.1) is 0 Å². The van der Waals surface area contributed by atoms with Crippen LogP contribution in [0.15, 0.2) is 29.1 Å². The number of nitrogen functional groups attached to an aromatic ring is 1. The summed E-state index contributed by atoms with van der Waals surface area (Å²) in [6.07, 6.45) is 0. The van der Waals surface area contributed by atoms with E-state index in [2.05, 4.69) is 9.97 Å². The van der Waals surface area contributed by atoms with Crippen LogP contribution >= 0.6 is 11.8 Å². The normalized spacial score (nSPS) is 13.6. The molecule has 0 amide bonds. The molecular weight excluding hydrogens is 234 g/mol. The lowest BCUT2D eigenvalue weighted by molar-refractivity contribution is 1.03. The van der Waals surface area contributed by atoms with Crippen molar-refractivity contribution >= 4 is 17.4 Å². The van der Waals surface area contributed by atoms with Crippen LogP contribution in [0, 0.1) is 0 Å². The Kier molecular flexibility index (Phi) is 2.40. The van der Waals surface area contributed by atoms with E-state index >= 15 is 0 Å². The number of fused-ring (bicyclic) bond motifs is 1. The molecule has 1 aromatic heterocycles. The summed E-state index contributed by atoms with van der Waals surface area (Å²) in [7, 11) is 0. The van der Waals surface area contributed by atoms with Gasteiger partial charge in [0.15, 0.2) is 0 Å². The number of benzene rings is 1. The van der Waals surface area contributed by atoms with Crippen LogP contribution in [0.5, 0.6) is 0 Å². The highest BCUT2D eigenvalue weighted by molar-refractivity contribution is 7.98. The molecule has 17 heavy (non-hydrogen) atoms. The van der Waals surface area contributed by atoms with Gasteiger partial charge in [0.05, 0.1) is 5.69 Å². The average Bonchev–Trinajstić information content (AvgIpc) is 2.78. The molecule has 1 aliphatic rings. The number of rotatable bonds is 1. The van der Waals surface area contributed by atoms with E-state index in [4.69, 9.17) is 5.73 Å². The maximum absolute atomic E-state index is 11.8. The number of hydrogen-bond donors (Lipinski definition) is 2. The second-order valence-electron chi connectivity index (χ2n) is 3.95. The van der Waals surface area contributed by atoms with Crippen molar-refractivity contribution in [2.45, 2.75) is 11.5 Å². The Morgan fingerprint density at radius 1 is 1.24 bits per heavy atom. The summed E-state index contributed by atoms with van der Waals surface area (Å²) in [4.78, 5) is 19.2. The third kappa shape index (κ3) is 1.82. The average molecular weight is 245 g/mol. The van der Waals surface area contributed by atoms with Gasteiger partial charge in [0, 0.05) is 28.3 Å². The molecule has 3 N–H and O–H groups in total. The number of thioether (sulfide) groups is 1. The van der Waals surface area contributed by atoms with Crippen molar-refractivity contribution < 1.29 is 0 Å². The van der Waals surface area contributed by atoms with Gasteiger partial charge in [0.1, 0.15) is 5.82 Å². The zero-order valence-corrected chi connectivity index (χ0v) is 9.88. The van der Waals surface area contributed by atoms with Gasteiger partial charge in [-0.3, -0.25) is 4.79 Å². The Morgan fingerprint density at radius 3 is 2.76 bits per heavy atom. The lowest BCUT2D eigenvalue weighted by atomic mass is 10.2. The summed E-state index contributed by atoms with van der Waals surface area (Å²) in [6.45, 7) is 0. The molecular formula is C12H11N3OS. The van der Waals surface area contributed by atoms with Gasteiger partial charge in [-0.05, 0) is 24.3 Å². The van der Waals surface area contributed by atoms with E-state index in [-0.39, 0.29) is 5.56 Å². The second kappa shape index (κ2) is 3.92. The maximum Gasteiger partial charge on any atom is 0.255 e. The van der Waals surface area contributed by atoms with Crippen LogP contribution in [-0.4, -0.2) is 9.97 Å². The first-order valence-corrected chi connectivity index (χ1v) is 6.45. The van der Waals surface area contributed by atoms with E-state index in [9.17, 15) is 4.79 Å². The predicted molar refractivity (Wildman–Crippen MR) is 69.7 cm³/mol. The van der Waals surface area contributed by atoms with Crippen molar-refractivity contribution in [3.63, 3.8) is 0 Å². The lowest BCUT2D eigenvalue weighted by Crippen LogP contribution is -2.15. The van der Waals surface area contributed by atoms with E-state index in [1.165, 1.54) is 0 Å². The third-order valence-electron chi connectivity index (χ3n) is 2.77. The number of aromatic nitrogens is 2. The minimum absolute atomic E-state index is 0.0215. The van der Waals surface area contributed by atoms with E-state index in [1.54, 1.807) is 23.9 Å². The summed E-state index contributed by atoms with van der Waals surface area (Å²) in [5, 5.41) is 0. The van der Waals surface area contributed by atoms with Gasteiger partial charge in [-0.25, -0.2) is 4.98 Å². The number of nitrogens with one attached hydrogen (secondary N) is 1. The van der Waals surface area contributed by atoms with E-state index in [0.29, 0.717) is 11.5 Å². The Morgan fingerprint density at radius 2 is 2.00 bits per heavy atom.